The number of sulfone groups is 1. The minimum absolute atomic E-state index is 0.0370. The molecule has 2 fully saturated rings. The molecule has 3 aromatic carbocycles. The SMILES string of the molecule is CS(=O)(=O)c1ccc(-c2cccc3nc(Nc4ccc(N5CCN(C(=O)CCCCNc6cccc7c6CC(=O)N(C6CCC(=O)NC6=O)C7=O)CC5)cc4)nn23)cc1. The third-order valence-corrected chi connectivity index (χ3v) is 12.1. The molecule has 17 heteroatoms. The van der Waals surface area contributed by atoms with Crippen LogP contribution in [0.5, 0.6) is 0 Å². The van der Waals surface area contributed by atoms with Gasteiger partial charge in [-0.15, -0.1) is 5.10 Å². The average Bonchev–Trinajstić information content (AvgIpc) is 3.64. The van der Waals surface area contributed by atoms with E-state index >= 15 is 0 Å². The average molecular weight is 818 g/mol. The van der Waals surface area contributed by atoms with E-state index in [9.17, 15) is 32.4 Å². The zero-order valence-electron chi connectivity index (χ0n) is 32.4. The number of amides is 5. The fourth-order valence-corrected chi connectivity index (χ4v) is 8.43. The van der Waals surface area contributed by atoms with Crippen molar-refractivity contribution in [3.63, 3.8) is 0 Å². The van der Waals surface area contributed by atoms with Gasteiger partial charge in [-0.3, -0.25) is 34.2 Å². The molecule has 16 nitrogen and oxygen atoms in total. The summed E-state index contributed by atoms with van der Waals surface area (Å²) in [5.41, 5.74) is 5.71. The summed E-state index contributed by atoms with van der Waals surface area (Å²) in [6.07, 6.45) is 3.14. The van der Waals surface area contributed by atoms with Gasteiger partial charge in [-0.2, -0.15) is 4.98 Å². The van der Waals surface area contributed by atoms with E-state index in [1.165, 1.54) is 6.26 Å². The quantitative estimate of drug-likeness (QED) is 0.122. The van der Waals surface area contributed by atoms with E-state index in [1.54, 1.807) is 40.9 Å². The molecule has 0 spiro atoms. The normalized spacial score (nSPS) is 17.2. The molecule has 5 heterocycles. The predicted octanol–water partition coefficient (Wildman–Crippen LogP) is 3.80. The fourth-order valence-electron chi connectivity index (χ4n) is 7.80. The smallest absolute Gasteiger partial charge is 0.261 e. The van der Waals surface area contributed by atoms with E-state index in [2.05, 4.69) is 30.9 Å². The van der Waals surface area contributed by atoms with Crippen LogP contribution in [0.25, 0.3) is 16.9 Å². The van der Waals surface area contributed by atoms with Crippen molar-refractivity contribution < 1.29 is 32.4 Å². The van der Waals surface area contributed by atoms with Crippen molar-refractivity contribution >= 4 is 68.0 Å². The lowest BCUT2D eigenvalue weighted by molar-refractivity contribution is -0.143. The number of carbonyl (C=O) groups excluding carboxylic acids is 5. The van der Waals surface area contributed by atoms with E-state index in [-0.39, 0.29) is 30.1 Å². The Morgan fingerprint density at radius 3 is 2.36 bits per heavy atom. The molecule has 5 amide bonds. The van der Waals surface area contributed by atoms with Crippen LogP contribution < -0.4 is 20.9 Å². The van der Waals surface area contributed by atoms with Crippen molar-refractivity contribution in [2.24, 2.45) is 0 Å². The molecule has 59 heavy (non-hydrogen) atoms. The number of piperidine rings is 1. The Balaban J connectivity index is 0.785. The van der Waals surface area contributed by atoms with Crippen molar-refractivity contribution in [3.8, 4) is 11.3 Å². The Kier molecular flexibility index (Phi) is 10.9. The Morgan fingerprint density at radius 2 is 1.63 bits per heavy atom. The Labute approximate surface area is 340 Å². The summed E-state index contributed by atoms with van der Waals surface area (Å²) in [5.74, 6) is -1.52. The van der Waals surface area contributed by atoms with Crippen molar-refractivity contribution in [1.82, 2.24) is 29.7 Å². The van der Waals surface area contributed by atoms with E-state index in [1.807, 2.05) is 53.4 Å². The number of benzene rings is 3. The molecule has 0 saturated carbocycles. The Morgan fingerprint density at radius 1 is 0.881 bits per heavy atom. The molecule has 1 unspecified atom stereocenters. The van der Waals surface area contributed by atoms with Gasteiger partial charge in [-0.1, -0.05) is 24.3 Å². The summed E-state index contributed by atoms with van der Waals surface area (Å²) in [6, 6.07) is 24.5. The van der Waals surface area contributed by atoms with Crippen LogP contribution in [0.2, 0.25) is 0 Å². The molecule has 0 aliphatic carbocycles. The van der Waals surface area contributed by atoms with Crippen LogP contribution in [-0.4, -0.2) is 107 Å². The van der Waals surface area contributed by atoms with Gasteiger partial charge in [0.05, 0.1) is 17.0 Å². The van der Waals surface area contributed by atoms with E-state index in [4.69, 9.17) is 0 Å². The Bertz CT molecular complexity index is 2570. The van der Waals surface area contributed by atoms with Crippen molar-refractivity contribution in [1.29, 1.82) is 0 Å². The second-order valence-electron chi connectivity index (χ2n) is 14.9. The number of pyridine rings is 1. The zero-order valence-corrected chi connectivity index (χ0v) is 33.2. The summed E-state index contributed by atoms with van der Waals surface area (Å²) in [6.45, 7) is 3.21. The molecule has 0 radical (unpaired) electrons. The number of unbranched alkanes of at least 4 members (excludes halogenated alkanes) is 1. The van der Waals surface area contributed by atoms with Gasteiger partial charge in [0.25, 0.3) is 5.91 Å². The molecular formula is C42H43N9O7S. The second-order valence-corrected chi connectivity index (χ2v) is 16.9. The van der Waals surface area contributed by atoms with Crippen LogP contribution in [0.1, 0.15) is 48.0 Å². The number of hydrogen-bond acceptors (Lipinski definition) is 12. The largest absolute Gasteiger partial charge is 0.385 e. The lowest BCUT2D eigenvalue weighted by Crippen LogP contribution is -2.58. The van der Waals surface area contributed by atoms with Crippen LogP contribution in [0, 0.1) is 0 Å². The first kappa shape index (κ1) is 39.2. The number of anilines is 4. The second kappa shape index (κ2) is 16.3. The predicted molar refractivity (Wildman–Crippen MR) is 220 cm³/mol. The van der Waals surface area contributed by atoms with Crippen molar-refractivity contribution in [2.75, 3.05) is 54.5 Å². The summed E-state index contributed by atoms with van der Waals surface area (Å²) in [7, 11) is -3.30. The van der Waals surface area contributed by atoms with Crippen LogP contribution in [-0.2, 0) is 35.4 Å². The van der Waals surface area contributed by atoms with Crippen LogP contribution in [0.4, 0.5) is 23.0 Å². The number of carbonyl (C=O) groups is 5. The zero-order chi connectivity index (χ0) is 41.3. The molecule has 2 saturated heterocycles. The van der Waals surface area contributed by atoms with Gasteiger partial charge in [-0.05, 0) is 85.5 Å². The summed E-state index contributed by atoms with van der Waals surface area (Å²) in [5, 5.41) is 13.5. The van der Waals surface area contributed by atoms with Gasteiger partial charge < -0.3 is 20.4 Å². The molecule has 3 N–H and O–H groups in total. The number of rotatable bonds is 12. The maximum atomic E-state index is 13.3. The molecule has 8 rings (SSSR count). The number of imide groups is 2. The number of hydrogen-bond donors (Lipinski definition) is 3. The summed E-state index contributed by atoms with van der Waals surface area (Å²) < 4.78 is 25.5. The maximum Gasteiger partial charge on any atom is 0.261 e. The van der Waals surface area contributed by atoms with Gasteiger partial charge in [0.2, 0.25) is 29.6 Å². The first-order valence-corrected chi connectivity index (χ1v) is 21.4. The monoisotopic (exact) mass is 817 g/mol. The van der Waals surface area contributed by atoms with Crippen LogP contribution in [0.3, 0.4) is 0 Å². The molecular weight excluding hydrogens is 775 g/mol. The first-order chi connectivity index (χ1) is 28.4. The van der Waals surface area contributed by atoms with E-state index in [0.29, 0.717) is 80.4 Å². The van der Waals surface area contributed by atoms with Gasteiger partial charge in [0.15, 0.2) is 15.5 Å². The van der Waals surface area contributed by atoms with Crippen molar-refractivity contribution in [3.05, 3.63) is 96.1 Å². The number of nitrogens with one attached hydrogen (secondary N) is 3. The van der Waals surface area contributed by atoms with Gasteiger partial charge in [-0.25, -0.2) is 12.9 Å². The molecule has 5 aromatic rings. The molecule has 3 aliphatic rings. The molecule has 1 atom stereocenters. The third-order valence-electron chi connectivity index (χ3n) is 10.9. The lowest BCUT2D eigenvalue weighted by atomic mass is 9.93. The molecule has 2 aromatic heterocycles. The van der Waals surface area contributed by atoms with Gasteiger partial charge in [0, 0.05) is 80.0 Å². The number of fused-ring (bicyclic) bond motifs is 2. The highest BCUT2D eigenvalue weighted by molar-refractivity contribution is 7.90. The highest BCUT2D eigenvalue weighted by Gasteiger charge is 2.42. The molecule has 0 bridgehead atoms. The number of piperazine rings is 1. The highest BCUT2D eigenvalue weighted by Crippen LogP contribution is 2.30. The standard InChI is InChI=1S/C42H43N9O7S/c1-59(57,58)30-17-11-27(12-18-30)34-8-5-9-36-45-42(47-51(34)36)44-28-13-15-29(16-14-28)48-22-24-49(25-23-48)38(53)10-2-3-21-43-33-7-4-6-31-32(33)26-39(54)50(41(31)56)35-19-20-37(52)46-40(35)55/h4-9,11-18,35,43H,2-3,10,19-26H2,1H3,(H,44,47)(H,46,52,55). The fraction of sp³-hybridized carbons (Fsp3) is 0.310. The number of aromatic nitrogens is 3. The summed E-state index contributed by atoms with van der Waals surface area (Å²) >= 11 is 0. The molecule has 3 aliphatic heterocycles. The Hall–Kier alpha value is -6.62. The lowest BCUT2D eigenvalue weighted by Gasteiger charge is -2.36. The number of nitrogens with zero attached hydrogens (tertiary/aromatic N) is 6. The molecule has 304 valence electrons. The first-order valence-electron chi connectivity index (χ1n) is 19.5. The van der Waals surface area contributed by atoms with Gasteiger partial charge >= 0.3 is 0 Å². The minimum atomic E-state index is -3.30. The maximum absolute atomic E-state index is 13.3. The van der Waals surface area contributed by atoms with Crippen LogP contribution in [0.15, 0.2) is 89.8 Å². The summed E-state index contributed by atoms with van der Waals surface area (Å²) in [4.78, 5) is 73.5. The van der Waals surface area contributed by atoms with E-state index < -0.39 is 39.5 Å². The van der Waals surface area contributed by atoms with Crippen LogP contribution >= 0.6 is 0 Å². The third kappa shape index (κ3) is 8.37. The van der Waals surface area contributed by atoms with Gasteiger partial charge in [0.1, 0.15) is 6.04 Å². The van der Waals surface area contributed by atoms with E-state index in [0.717, 1.165) is 27.5 Å². The van der Waals surface area contributed by atoms with Crippen molar-refractivity contribution in [2.45, 2.75) is 49.5 Å². The minimum Gasteiger partial charge on any atom is -0.385 e. The highest BCUT2D eigenvalue weighted by atomic mass is 32.2. The topological polar surface area (TPSA) is 195 Å².